The molecule has 0 saturated carbocycles. The molecule has 0 bridgehead atoms. The number of aliphatic hydroxyl groups is 1. The van der Waals surface area contributed by atoms with Gasteiger partial charge in [-0.2, -0.15) is 0 Å². The highest BCUT2D eigenvalue weighted by atomic mass is 16.3. The number of rotatable bonds is 2. The van der Waals surface area contributed by atoms with Crippen molar-refractivity contribution in [2.45, 2.75) is 12.8 Å². The Morgan fingerprint density at radius 2 is 2.38 bits per heavy atom. The molecule has 2 aliphatic rings. The lowest BCUT2D eigenvalue weighted by atomic mass is 10.0. The summed E-state index contributed by atoms with van der Waals surface area (Å²) in [5.74, 6) is 0.119. The zero-order chi connectivity index (χ0) is 9.26. The number of hydrogen-bond acceptors (Lipinski definition) is 2. The van der Waals surface area contributed by atoms with Crippen molar-refractivity contribution in [1.29, 1.82) is 0 Å². The molecule has 0 aromatic heterocycles. The maximum absolute atomic E-state index is 11.7. The van der Waals surface area contributed by atoms with Gasteiger partial charge in [-0.25, -0.2) is 0 Å². The first-order valence-corrected chi connectivity index (χ1v) is 4.61. The molecule has 1 amide bonds. The number of amides is 1. The van der Waals surface area contributed by atoms with Crippen molar-refractivity contribution < 1.29 is 9.90 Å². The highest BCUT2D eigenvalue weighted by molar-refractivity contribution is 5.98. The summed E-state index contributed by atoms with van der Waals surface area (Å²) in [5, 5.41) is 8.75. The van der Waals surface area contributed by atoms with Crippen LogP contribution in [0, 0.1) is 0 Å². The average molecular weight is 179 g/mol. The van der Waals surface area contributed by atoms with Crippen LogP contribution < -0.4 is 0 Å². The fraction of sp³-hybridized carbons (Fsp3) is 0.500. The fourth-order valence-corrected chi connectivity index (χ4v) is 1.88. The first kappa shape index (κ1) is 8.51. The molecular formula is C10H13NO2. The molecule has 1 aliphatic carbocycles. The number of hydrogen-bond donors (Lipinski definition) is 1. The Hall–Kier alpha value is -1.09. The van der Waals surface area contributed by atoms with E-state index in [1.165, 1.54) is 0 Å². The van der Waals surface area contributed by atoms with Gasteiger partial charge in [0.2, 0.25) is 0 Å². The molecule has 0 atom stereocenters. The van der Waals surface area contributed by atoms with Crippen LogP contribution in [0.4, 0.5) is 0 Å². The van der Waals surface area contributed by atoms with E-state index in [0.29, 0.717) is 13.1 Å². The summed E-state index contributed by atoms with van der Waals surface area (Å²) in [4.78, 5) is 13.4. The maximum atomic E-state index is 11.7. The summed E-state index contributed by atoms with van der Waals surface area (Å²) in [7, 11) is 0. The van der Waals surface area contributed by atoms with Gasteiger partial charge in [0.15, 0.2) is 0 Å². The van der Waals surface area contributed by atoms with E-state index < -0.39 is 0 Å². The summed E-state index contributed by atoms with van der Waals surface area (Å²) in [6, 6.07) is 0. The molecule has 0 radical (unpaired) electrons. The van der Waals surface area contributed by atoms with Crippen molar-refractivity contribution in [2.75, 3.05) is 19.7 Å². The van der Waals surface area contributed by atoms with E-state index in [2.05, 4.69) is 6.08 Å². The lowest BCUT2D eigenvalue weighted by Gasteiger charge is -2.14. The second kappa shape index (κ2) is 3.34. The van der Waals surface area contributed by atoms with Gasteiger partial charge in [0, 0.05) is 18.7 Å². The van der Waals surface area contributed by atoms with Crippen LogP contribution in [0.15, 0.2) is 23.3 Å². The minimum absolute atomic E-state index is 0.0516. The monoisotopic (exact) mass is 179 g/mol. The molecular weight excluding hydrogens is 166 g/mol. The van der Waals surface area contributed by atoms with E-state index in [4.69, 9.17) is 5.11 Å². The molecule has 0 aromatic carbocycles. The van der Waals surface area contributed by atoms with Gasteiger partial charge in [-0.15, -0.1) is 0 Å². The zero-order valence-corrected chi connectivity index (χ0v) is 7.49. The molecule has 0 spiro atoms. The number of aliphatic hydroxyl groups excluding tert-OH is 1. The molecule has 1 N–H and O–H groups in total. The van der Waals surface area contributed by atoms with Crippen LogP contribution in [0.1, 0.15) is 12.8 Å². The summed E-state index contributed by atoms with van der Waals surface area (Å²) in [6.45, 7) is 1.20. The first-order chi connectivity index (χ1) is 6.33. The normalized spacial score (nSPS) is 21.3. The van der Waals surface area contributed by atoms with Gasteiger partial charge in [-0.05, 0) is 18.4 Å². The van der Waals surface area contributed by atoms with E-state index in [9.17, 15) is 4.79 Å². The molecule has 2 rings (SSSR count). The highest BCUT2D eigenvalue weighted by Gasteiger charge is 2.28. The van der Waals surface area contributed by atoms with Crippen molar-refractivity contribution in [3.05, 3.63) is 23.3 Å². The van der Waals surface area contributed by atoms with Gasteiger partial charge in [-0.1, -0.05) is 12.2 Å². The summed E-state index contributed by atoms with van der Waals surface area (Å²) in [6.07, 6.45) is 5.98. The van der Waals surface area contributed by atoms with Gasteiger partial charge >= 0.3 is 0 Å². The van der Waals surface area contributed by atoms with Crippen molar-refractivity contribution >= 4 is 5.91 Å². The standard InChI is InChI=1S/C10H13NO2/c12-6-5-11-7-8-3-1-2-4-9(8)10(11)13/h1,3,12H,2,4-7H2. The maximum Gasteiger partial charge on any atom is 0.250 e. The Labute approximate surface area is 77.3 Å². The summed E-state index contributed by atoms with van der Waals surface area (Å²) >= 11 is 0. The van der Waals surface area contributed by atoms with E-state index >= 15 is 0 Å². The van der Waals surface area contributed by atoms with Gasteiger partial charge in [0.1, 0.15) is 0 Å². The molecule has 0 saturated heterocycles. The van der Waals surface area contributed by atoms with Crippen LogP contribution >= 0.6 is 0 Å². The molecule has 0 unspecified atom stereocenters. The zero-order valence-electron chi connectivity index (χ0n) is 7.49. The molecule has 1 heterocycles. The van der Waals surface area contributed by atoms with Crippen molar-refractivity contribution in [1.82, 2.24) is 4.90 Å². The van der Waals surface area contributed by atoms with Crippen LogP contribution in [-0.4, -0.2) is 35.6 Å². The van der Waals surface area contributed by atoms with Crippen molar-refractivity contribution in [3.8, 4) is 0 Å². The van der Waals surface area contributed by atoms with E-state index in [0.717, 1.165) is 24.0 Å². The lowest BCUT2D eigenvalue weighted by molar-refractivity contribution is -0.126. The Morgan fingerprint density at radius 3 is 3.08 bits per heavy atom. The van der Waals surface area contributed by atoms with Gasteiger partial charge in [-0.3, -0.25) is 4.79 Å². The number of nitrogens with zero attached hydrogens (tertiary/aromatic N) is 1. The fourth-order valence-electron chi connectivity index (χ4n) is 1.88. The molecule has 1 aliphatic heterocycles. The third kappa shape index (κ3) is 1.40. The summed E-state index contributed by atoms with van der Waals surface area (Å²) in [5.41, 5.74) is 2.10. The second-order valence-electron chi connectivity index (χ2n) is 3.40. The minimum Gasteiger partial charge on any atom is -0.395 e. The molecule has 3 nitrogen and oxygen atoms in total. The smallest absolute Gasteiger partial charge is 0.250 e. The molecule has 0 fully saturated rings. The third-order valence-corrected chi connectivity index (χ3v) is 2.54. The van der Waals surface area contributed by atoms with Crippen LogP contribution in [0.2, 0.25) is 0 Å². The predicted octanol–water partition coefficient (Wildman–Crippen LogP) is 0.467. The lowest BCUT2D eigenvalue weighted by Crippen LogP contribution is -2.29. The Bertz CT molecular complexity index is 291. The molecule has 13 heavy (non-hydrogen) atoms. The Kier molecular flexibility index (Phi) is 2.19. The predicted molar refractivity (Wildman–Crippen MR) is 49.1 cm³/mol. The van der Waals surface area contributed by atoms with Gasteiger partial charge in [0.25, 0.3) is 5.91 Å². The number of allylic oxidation sites excluding steroid dienone is 1. The SMILES string of the molecule is O=C1C2=C(C=CCC2)CN1CCO. The van der Waals surface area contributed by atoms with Crippen LogP contribution in [0.5, 0.6) is 0 Å². The van der Waals surface area contributed by atoms with E-state index in [1.807, 2.05) is 6.08 Å². The first-order valence-electron chi connectivity index (χ1n) is 4.61. The minimum atomic E-state index is 0.0516. The Morgan fingerprint density at radius 1 is 1.54 bits per heavy atom. The van der Waals surface area contributed by atoms with Gasteiger partial charge in [0.05, 0.1) is 6.61 Å². The summed E-state index contributed by atoms with van der Waals surface area (Å²) < 4.78 is 0. The quantitative estimate of drug-likeness (QED) is 0.669. The van der Waals surface area contributed by atoms with Crippen LogP contribution in [-0.2, 0) is 4.79 Å². The number of β-amino-alcohol motifs (C(OH)–C–C–N with tert-alkyl or cyclic N) is 1. The van der Waals surface area contributed by atoms with Gasteiger partial charge < -0.3 is 10.0 Å². The average Bonchev–Trinajstić information content (AvgIpc) is 2.46. The molecule has 70 valence electrons. The van der Waals surface area contributed by atoms with Crippen molar-refractivity contribution in [2.24, 2.45) is 0 Å². The number of carbonyl (C=O) groups is 1. The van der Waals surface area contributed by atoms with E-state index in [-0.39, 0.29) is 12.5 Å². The third-order valence-electron chi connectivity index (χ3n) is 2.54. The largest absolute Gasteiger partial charge is 0.395 e. The van der Waals surface area contributed by atoms with E-state index in [1.54, 1.807) is 4.90 Å². The van der Waals surface area contributed by atoms with Crippen LogP contribution in [0.3, 0.4) is 0 Å². The Balaban J connectivity index is 2.15. The molecule has 0 aromatic rings. The number of carbonyl (C=O) groups excluding carboxylic acids is 1. The van der Waals surface area contributed by atoms with Crippen molar-refractivity contribution in [3.63, 3.8) is 0 Å². The molecule has 3 heteroatoms. The van der Waals surface area contributed by atoms with Crippen LogP contribution in [0.25, 0.3) is 0 Å². The highest BCUT2D eigenvalue weighted by Crippen LogP contribution is 2.27. The second-order valence-corrected chi connectivity index (χ2v) is 3.40. The topological polar surface area (TPSA) is 40.5 Å².